The van der Waals surface area contributed by atoms with E-state index in [1.165, 1.54) is 12.8 Å². The summed E-state index contributed by atoms with van der Waals surface area (Å²) in [6.07, 6.45) is 3.60. The normalized spacial score (nSPS) is 17.3. The van der Waals surface area contributed by atoms with Crippen LogP contribution in [-0.4, -0.2) is 18.8 Å². The summed E-state index contributed by atoms with van der Waals surface area (Å²) in [7, 11) is 1.72. The minimum Gasteiger partial charge on any atom is -0.490 e. The van der Waals surface area contributed by atoms with Crippen LogP contribution in [0.2, 0.25) is 0 Å². The first kappa shape index (κ1) is 14.3. The Kier molecular flexibility index (Phi) is 4.45. The summed E-state index contributed by atoms with van der Waals surface area (Å²) in [5.74, 6) is 6.60. The maximum atomic E-state index is 5.74. The summed E-state index contributed by atoms with van der Waals surface area (Å²) in [5.41, 5.74) is 3.80. The van der Waals surface area contributed by atoms with E-state index in [4.69, 9.17) is 15.3 Å². The molecular formula is C15H24N2O2. The number of hydrogen-bond acceptors (Lipinski definition) is 4. The van der Waals surface area contributed by atoms with Gasteiger partial charge in [-0.15, -0.1) is 0 Å². The van der Waals surface area contributed by atoms with Crippen LogP contribution in [0.5, 0.6) is 5.75 Å². The van der Waals surface area contributed by atoms with Crippen LogP contribution in [0, 0.1) is 0 Å². The summed E-state index contributed by atoms with van der Waals surface area (Å²) in [4.78, 5) is 0. The third-order valence-electron chi connectivity index (χ3n) is 3.56. The predicted octanol–water partition coefficient (Wildman–Crippen LogP) is 2.55. The van der Waals surface area contributed by atoms with Gasteiger partial charge in [-0.05, 0) is 50.8 Å². The van der Waals surface area contributed by atoms with E-state index in [-0.39, 0.29) is 11.6 Å². The van der Waals surface area contributed by atoms with Crippen molar-refractivity contribution in [2.24, 2.45) is 5.84 Å². The van der Waals surface area contributed by atoms with Crippen LogP contribution in [0.25, 0.3) is 0 Å². The molecule has 1 aromatic carbocycles. The Morgan fingerprint density at radius 1 is 1.32 bits per heavy atom. The molecule has 3 N–H and O–H groups in total. The summed E-state index contributed by atoms with van der Waals surface area (Å²) in [6, 6.07) is 8.22. The molecule has 1 saturated carbocycles. The molecule has 0 saturated heterocycles. The molecule has 0 bridgehead atoms. The fourth-order valence-corrected chi connectivity index (χ4v) is 2.00. The van der Waals surface area contributed by atoms with Crippen molar-refractivity contribution in [1.82, 2.24) is 5.43 Å². The van der Waals surface area contributed by atoms with Gasteiger partial charge in [-0.25, -0.2) is 0 Å². The quantitative estimate of drug-likeness (QED) is 0.587. The van der Waals surface area contributed by atoms with Crippen molar-refractivity contribution < 1.29 is 9.47 Å². The lowest BCUT2D eigenvalue weighted by Crippen LogP contribution is -2.35. The lowest BCUT2D eigenvalue weighted by molar-refractivity contribution is 0.00681. The molecule has 0 radical (unpaired) electrons. The van der Waals surface area contributed by atoms with Crippen LogP contribution in [0.4, 0.5) is 0 Å². The van der Waals surface area contributed by atoms with E-state index in [0.717, 1.165) is 17.7 Å². The second-order valence-corrected chi connectivity index (χ2v) is 5.77. The van der Waals surface area contributed by atoms with Gasteiger partial charge < -0.3 is 9.47 Å². The first-order chi connectivity index (χ1) is 9.04. The summed E-state index contributed by atoms with van der Waals surface area (Å²) in [6.45, 7) is 4.11. The van der Waals surface area contributed by atoms with Gasteiger partial charge in [-0.2, -0.15) is 0 Å². The highest BCUT2D eigenvalue weighted by atomic mass is 16.5. The third kappa shape index (κ3) is 4.20. The third-order valence-corrected chi connectivity index (χ3v) is 3.56. The average Bonchev–Trinajstić information content (AvgIpc) is 3.21. The minimum absolute atomic E-state index is 0.0740. The zero-order valence-electron chi connectivity index (χ0n) is 12.0. The van der Waals surface area contributed by atoms with Crippen molar-refractivity contribution in [3.05, 3.63) is 29.8 Å². The van der Waals surface area contributed by atoms with E-state index in [1.807, 2.05) is 12.1 Å². The minimum atomic E-state index is -0.208. The Hall–Kier alpha value is -1.10. The van der Waals surface area contributed by atoms with Crippen molar-refractivity contribution in [2.75, 3.05) is 7.11 Å². The number of benzene rings is 1. The van der Waals surface area contributed by atoms with Gasteiger partial charge in [0.2, 0.25) is 0 Å². The highest BCUT2D eigenvalue weighted by Gasteiger charge is 2.25. The van der Waals surface area contributed by atoms with E-state index in [2.05, 4.69) is 31.4 Å². The summed E-state index contributed by atoms with van der Waals surface area (Å²) in [5, 5.41) is 0. The van der Waals surface area contributed by atoms with E-state index in [9.17, 15) is 0 Å². The molecule has 1 atom stereocenters. The molecule has 1 aromatic rings. The van der Waals surface area contributed by atoms with Crippen LogP contribution < -0.4 is 16.0 Å². The first-order valence-electron chi connectivity index (χ1n) is 6.82. The number of hydrogen-bond donors (Lipinski definition) is 2. The summed E-state index contributed by atoms with van der Waals surface area (Å²) >= 11 is 0. The van der Waals surface area contributed by atoms with Crippen LogP contribution in [0.1, 0.15) is 44.7 Å². The van der Waals surface area contributed by atoms with Gasteiger partial charge in [0.25, 0.3) is 0 Å². The van der Waals surface area contributed by atoms with Crippen LogP contribution in [-0.2, 0) is 4.74 Å². The monoisotopic (exact) mass is 264 g/mol. The topological polar surface area (TPSA) is 56.5 Å². The number of rotatable bonds is 7. The second kappa shape index (κ2) is 5.90. The molecule has 4 heteroatoms. The van der Waals surface area contributed by atoms with Gasteiger partial charge in [0, 0.05) is 13.2 Å². The zero-order chi connectivity index (χ0) is 13.9. The van der Waals surface area contributed by atoms with E-state index in [1.54, 1.807) is 7.11 Å². The molecule has 1 fully saturated rings. The highest BCUT2D eigenvalue weighted by Crippen LogP contribution is 2.29. The number of nitrogens with two attached hydrogens (primary N) is 1. The average molecular weight is 264 g/mol. The van der Waals surface area contributed by atoms with Crippen LogP contribution >= 0.6 is 0 Å². The fraction of sp³-hybridized carbons (Fsp3) is 0.600. The van der Waals surface area contributed by atoms with Crippen LogP contribution in [0.3, 0.4) is 0 Å². The predicted molar refractivity (Wildman–Crippen MR) is 75.9 cm³/mol. The Morgan fingerprint density at radius 2 is 1.95 bits per heavy atom. The number of hydrazine groups is 1. The standard InChI is InChI=1S/C15H24N2O2/c1-15(2,18-3)10-14(17-16)11-4-6-12(7-5-11)19-13-8-9-13/h4-7,13-14,17H,8-10,16H2,1-3H3. The van der Waals surface area contributed by atoms with Gasteiger partial charge in [0.05, 0.1) is 11.7 Å². The van der Waals surface area contributed by atoms with Gasteiger partial charge in [-0.1, -0.05) is 12.1 Å². The largest absolute Gasteiger partial charge is 0.490 e. The molecule has 0 spiro atoms. The fourth-order valence-electron chi connectivity index (χ4n) is 2.00. The van der Waals surface area contributed by atoms with Crippen LogP contribution in [0.15, 0.2) is 24.3 Å². The molecule has 19 heavy (non-hydrogen) atoms. The Bertz CT molecular complexity index is 399. The number of methoxy groups -OCH3 is 1. The van der Waals surface area contributed by atoms with Crippen molar-refractivity contribution >= 4 is 0 Å². The first-order valence-corrected chi connectivity index (χ1v) is 6.82. The molecular weight excluding hydrogens is 240 g/mol. The molecule has 106 valence electrons. The molecule has 0 aliphatic heterocycles. The molecule has 4 nitrogen and oxygen atoms in total. The SMILES string of the molecule is COC(C)(C)CC(NN)c1ccc(OC2CC2)cc1. The molecule has 2 rings (SSSR count). The highest BCUT2D eigenvalue weighted by molar-refractivity contribution is 5.29. The molecule has 1 aliphatic rings. The van der Waals surface area contributed by atoms with Crippen molar-refractivity contribution in [2.45, 2.75) is 50.9 Å². The van der Waals surface area contributed by atoms with Gasteiger partial charge in [-0.3, -0.25) is 11.3 Å². The Morgan fingerprint density at radius 3 is 2.42 bits per heavy atom. The lowest BCUT2D eigenvalue weighted by atomic mass is 9.94. The number of ether oxygens (including phenoxy) is 2. The Balaban J connectivity index is 2.01. The van der Waals surface area contributed by atoms with E-state index >= 15 is 0 Å². The van der Waals surface area contributed by atoms with Gasteiger partial charge >= 0.3 is 0 Å². The molecule has 0 amide bonds. The van der Waals surface area contributed by atoms with Crippen molar-refractivity contribution in [1.29, 1.82) is 0 Å². The van der Waals surface area contributed by atoms with E-state index < -0.39 is 0 Å². The maximum absolute atomic E-state index is 5.74. The molecule has 0 aromatic heterocycles. The molecule has 0 heterocycles. The number of nitrogens with one attached hydrogen (secondary N) is 1. The second-order valence-electron chi connectivity index (χ2n) is 5.77. The van der Waals surface area contributed by atoms with Gasteiger partial charge in [0.15, 0.2) is 0 Å². The lowest BCUT2D eigenvalue weighted by Gasteiger charge is -2.28. The molecule has 1 unspecified atom stereocenters. The summed E-state index contributed by atoms with van der Waals surface area (Å²) < 4.78 is 11.2. The van der Waals surface area contributed by atoms with Crippen molar-refractivity contribution in [3.63, 3.8) is 0 Å². The molecule has 1 aliphatic carbocycles. The smallest absolute Gasteiger partial charge is 0.119 e. The van der Waals surface area contributed by atoms with Gasteiger partial charge in [0.1, 0.15) is 5.75 Å². The zero-order valence-corrected chi connectivity index (χ0v) is 12.0. The van der Waals surface area contributed by atoms with E-state index in [0.29, 0.717) is 6.10 Å². The van der Waals surface area contributed by atoms with Crippen molar-refractivity contribution in [3.8, 4) is 5.75 Å². The maximum Gasteiger partial charge on any atom is 0.119 e. The Labute approximate surface area is 115 Å².